The van der Waals surface area contributed by atoms with Crippen molar-refractivity contribution in [3.05, 3.63) is 0 Å². The molecule has 5 rings (SSSR count). The first-order valence-corrected chi connectivity index (χ1v) is 9.25. The molecule has 1 aliphatic heterocycles. The maximum absolute atomic E-state index is 12.6. The van der Waals surface area contributed by atoms with Crippen molar-refractivity contribution in [3.63, 3.8) is 0 Å². The molecule has 0 aromatic rings. The van der Waals surface area contributed by atoms with Crippen molar-refractivity contribution < 1.29 is 9.53 Å². The molecule has 4 saturated carbocycles. The highest BCUT2D eigenvalue weighted by Crippen LogP contribution is 2.68. The molecule has 0 spiro atoms. The van der Waals surface area contributed by atoms with Crippen LogP contribution in [0.2, 0.25) is 0 Å². The lowest BCUT2D eigenvalue weighted by atomic mass is 9.45. The monoisotopic (exact) mass is 288 g/mol. The molecule has 5 fully saturated rings. The Kier molecular flexibility index (Phi) is 2.45. The summed E-state index contributed by atoms with van der Waals surface area (Å²) in [5, 5.41) is 0. The second-order valence-corrected chi connectivity index (χ2v) is 9.16. The van der Waals surface area contributed by atoms with E-state index >= 15 is 0 Å². The first-order valence-electron chi connectivity index (χ1n) is 9.25. The van der Waals surface area contributed by atoms with Crippen LogP contribution in [0.4, 0.5) is 0 Å². The van der Waals surface area contributed by atoms with Crippen molar-refractivity contribution in [1.82, 2.24) is 0 Å². The van der Waals surface area contributed by atoms with Crippen LogP contribution in [0.25, 0.3) is 0 Å². The van der Waals surface area contributed by atoms with Crippen LogP contribution in [-0.4, -0.2) is 18.0 Å². The van der Waals surface area contributed by atoms with Gasteiger partial charge in [-0.3, -0.25) is 4.79 Å². The van der Waals surface area contributed by atoms with Crippen LogP contribution in [0.15, 0.2) is 0 Å². The van der Waals surface area contributed by atoms with E-state index in [4.69, 9.17) is 4.74 Å². The van der Waals surface area contributed by atoms with Gasteiger partial charge in [0, 0.05) is 11.3 Å². The fourth-order valence-electron chi connectivity index (χ4n) is 7.37. The highest BCUT2D eigenvalue weighted by atomic mass is 16.6. The summed E-state index contributed by atoms with van der Waals surface area (Å²) in [4.78, 5) is 12.6. The Labute approximate surface area is 128 Å². The van der Waals surface area contributed by atoms with Crippen molar-refractivity contribution >= 4 is 5.78 Å². The average molecular weight is 288 g/mol. The summed E-state index contributed by atoms with van der Waals surface area (Å²) in [6.07, 6.45) is 11.3. The maximum atomic E-state index is 12.6. The van der Waals surface area contributed by atoms with Gasteiger partial charge in [0.05, 0.1) is 6.10 Å². The first kappa shape index (κ1) is 13.1. The zero-order chi connectivity index (χ0) is 14.4. The molecule has 0 aromatic heterocycles. The van der Waals surface area contributed by atoms with Gasteiger partial charge in [0.2, 0.25) is 0 Å². The molecule has 2 heteroatoms. The smallest absolute Gasteiger partial charge is 0.170 e. The van der Waals surface area contributed by atoms with Crippen LogP contribution < -0.4 is 0 Å². The minimum absolute atomic E-state index is 0.00404. The van der Waals surface area contributed by atoms with Crippen LogP contribution in [0.1, 0.15) is 65.2 Å². The van der Waals surface area contributed by atoms with Gasteiger partial charge in [0.1, 0.15) is 6.10 Å². The standard InChI is InChI=1S/C19H28O2/c1-18-9-4-3-5-11(18)6-7-12-13(18)8-10-19(2)14(12)15-16(21-15)17(19)20/h11-16H,3-10H2,1-2H3/t11-,12-,13-,14+,15-,16-,18+,19-/m1/s1. The van der Waals surface area contributed by atoms with Gasteiger partial charge in [0.15, 0.2) is 5.78 Å². The lowest BCUT2D eigenvalue weighted by molar-refractivity contribution is -0.149. The molecule has 0 radical (unpaired) electrons. The fourth-order valence-corrected chi connectivity index (χ4v) is 7.37. The summed E-state index contributed by atoms with van der Waals surface area (Å²) in [6, 6.07) is 0. The van der Waals surface area contributed by atoms with Crippen molar-refractivity contribution in [3.8, 4) is 0 Å². The largest absolute Gasteiger partial charge is 0.361 e. The number of carbonyl (C=O) groups is 1. The Morgan fingerprint density at radius 2 is 1.90 bits per heavy atom. The number of rotatable bonds is 0. The van der Waals surface area contributed by atoms with Crippen molar-refractivity contribution in [2.24, 2.45) is 34.5 Å². The van der Waals surface area contributed by atoms with Crippen LogP contribution >= 0.6 is 0 Å². The van der Waals surface area contributed by atoms with Crippen LogP contribution in [0.3, 0.4) is 0 Å². The molecule has 8 atom stereocenters. The van der Waals surface area contributed by atoms with Crippen LogP contribution in [0, 0.1) is 34.5 Å². The minimum Gasteiger partial charge on any atom is -0.361 e. The zero-order valence-electron chi connectivity index (χ0n) is 13.4. The average Bonchev–Trinajstić information content (AvgIpc) is 3.21. The third kappa shape index (κ3) is 1.46. The summed E-state index contributed by atoms with van der Waals surface area (Å²) in [6.45, 7) is 4.86. The number of epoxide rings is 1. The minimum atomic E-state index is -0.0351. The second kappa shape index (κ2) is 3.93. The van der Waals surface area contributed by atoms with E-state index in [2.05, 4.69) is 13.8 Å². The van der Waals surface area contributed by atoms with Crippen molar-refractivity contribution in [2.45, 2.75) is 77.4 Å². The molecule has 1 saturated heterocycles. The Hall–Kier alpha value is -0.370. The molecule has 2 nitrogen and oxygen atoms in total. The van der Waals surface area contributed by atoms with Gasteiger partial charge < -0.3 is 4.74 Å². The Bertz CT molecular complexity index is 500. The molecular weight excluding hydrogens is 260 g/mol. The lowest BCUT2D eigenvalue weighted by Gasteiger charge is -2.59. The molecule has 0 unspecified atom stereocenters. The van der Waals surface area contributed by atoms with Gasteiger partial charge in [0.25, 0.3) is 0 Å². The number of hydrogen-bond donors (Lipinski definition) is 0. The van der Waals surface area contributed by atoms with E-state index in [0.29, 0.717) is 23.2 Å². The third-order valence-electron chi connectivity index (χ3n) is 8.54. The Balaban J connectivity index is 1.52. The van der Waals surface area contributed by atoms with E-state index in [-0.39, 0.29) is 11.5 Å². The fraction of sp³-hybridized carbons (Fsp3) is 0.947. The van der Waals surface area contributed by atoms with E-state index in [1.807, 2.05) is 0 Å². The van der Waals surface area contributed by atoms with Gasteiger partial charge in [-0.05, 0) is 61.7 Å². The normalized spacial score (nSPS) is 61.5. The summed E-state index contributed by atoms with van der Waals surface area (Å²) in [5.41, 5.74) is 0.533. The topological polar surface area (TPSA) is 29.6 Å². The van der Waals surface area contributed by atoms with E-state index in [0.717, 1.165) is 24.2 Å². The van der Waals surface area contributed by atoms with Gasteiger partial charge in [-0.1, -0.05) is 26.7 Å². The zero-order valence-corrected chi connectivity index (χ0v) is 13.4. The Morgan fingerprint density at radius 3 is 2.76 bits per heavy atom. The van der Waals surface area contributed by atoms with E-state index in [9.17, 15) is 4.79 Å². The number of Topliss-reactive ketones (excluding diaryl/α,β-unsaturated/α-hetero) is 1. The summed E-state index contributed by atoms with van der Waals surface area (Å²) in [5.74, 6) is 3.60. The molecule has 116 valence electrons. The molecular formula is C19H28O2. The van der Waals surface area contributed by atoms with E-state index in [1.165, 1.54) is 44.9 Å². The van der Waals surface area contributed by atoms with Gasteiger partial charge in [-0.2, -0.15) is 0 Å². The highest BCUT2D eigenvalue weighted by Gasteiger charge is 2.72. The predicted molar refractivity (Wildman–Crippen MR) is 80.8 cm³/mol. The summed E-state index contributed by atoms with van der Waals surface area (Å²) in [7, 11) is 0. The van der Waals surface area contributed by atoms with Crippen molar-refractivity contribution in [2.75, 3.05) is 0 Å². The van der Waals surface area contributed by atoms with Crippen LogP contribution in [-0.2, 0) is 9.53 Å². The molecule has 1 heterocycles. The van der Waals surface area contributed by atoms with Gasteiger partial charge in [-0.15, -0.1) is 0 Å². The quantitative estimate of drug-likeness (QED) is 0.631. The molecule has 4 aliphatic carbocycles. The second-order valence-electron chi connectivity index (χ2n) is 9.16. The number of ketones is 1. The molecule has 21 heavy (non-hydrogen) atoms. The summed E-state index contributed by atoms with van der Waals surface area (Å²) < 4.78 is 5.77. The maximum Gasteiger partial charge on any atom is 0.170 e. The van der Waals surface area contributed by atoms with Gasteiger partial charge >= 0.3 is 0 Å². The molecule has 0 N–H and O–H groups in total. The van der Waals surface area contributed by atoms with Crippen molar-refractivity contribution in [1.29, 1.82) is 0 Å². The number of fused-ring (bicyclic) bond motifs is 7. The van der Waals surface area contributed by atoms with Crippen LogP contribution in [0.5, 0.6) is 0 Å². The van der Waals surface area contributed by atoms with E-state index in [1.54, 1.807) is 0 Å². The molecule has 0 amide bonds. The SMILES string of the molecule is C[C@]12CCCC[C@@H]1CC[C@H]1[C@H]3[C@H]4O[C@H]4C(=O)[C@]3(C)CC[C@H]12. The summed E-state index contributed by atoms with van der Waals surface area (Å²) >= 11 is 0. The van der Waals surface area contributed by atoms with E-state index < -0.39 is 0 Å². The third-order valence-corrected chi connectivity index (χ3v) is 8.54. The predicted octanol–water partition coefficient (Wildman–Crippen LogP) is 3.98. The number of carbonyl (C=O) groups excluding carboxylic acids is 1. The Morgan fingerprint density at radius 1 is 1.05 bits per heavy atom. The highest BCUT2D eigenvalue weighted by molar-refractivity contribution is 5.94. The number of hydrogen-bond acceptors (Lipinski definition) is 2. The molecule has 0 aromatic carbocycles. The van der Waals surface area contributed by atoms with Gasteiger partial charge in [-0.25, -0.2) is 0 Å². The first-order chi connectivity index (χ1) is 10.1. The number of ether oxygens (including phenoxy) is 1. The molecule has 0 bridgehead atoms. The lowest BCUT2D eigenvalue weighted by Crippen LogP contribution is -2.54. The molecule has 5 aliphatic rings.